The van der Waals surface area contributed by atoms with E-state index in [2.05, 4.69) is 0 Å². The minimum Gasteiger partial charge on any atom is -0.329 e. The quantitative estimate of drug-likeness (QED) is 0.844. The van der Waals surface area contributed by atoms with Crippen LogP contribution in [-0.2, 0) is 11.2 Å². The van der Waals surface area contributed by atoms with E-state index in [1.165, 1.54) is 12.1 Å². The van der Waals surface area contributed by atoms with Gasteiger partial charge in [0.25, 0.3) is 0 Å². The Morgan fingerprint density at radius 2 is 2.19 bits per heavy atom. The Morgan fingerprint density at radius 3 is 2.75 bits per heavy atom. The molecule has 1 aliphatic rings. The minimum absolute atomic E-state index is 0.156. The van der Waals surface area contributed by atoms with E-state index in [9.17, 15) is 9.18 Å². The first kappa shape index (κ1) is 11.3. The SMILES string of the molecule is Cc1ccc(F)cc1CC(=O)C1(CN)CC1. The summed E-state index contributed by atoms with van der Waals surface area (Å²) in [7, 11) is 0. The lowest BCUT2D eigenvalue weighted by Crippen LogP contribution is -2.26. The van der Waals surface area contributed by atoms with Crippen LogP contribution in [0.2, 0.25) is 0 Å². The standard InChI is InChI=1S/C13H16FNO/c1-9-2-3-11(14)6-10(9)7-12(16)13(8-15)4-5-13/h2-3,6H,4-5,7-8,15H2,1H3. The Balaban J connectivity index is 2.15. The van der Waals surface area contributed by atoms with Crippen molar-refractivity contribution in [3.05, 3.63) is 35.1 Å². The molecule has 1 aromatic rings. The van der Waals surface area contributed by atoms with Gasteiger partial charge in [0.2, 0.25) is 0 Å². The first-order valence-corrected chi connectivity index (χ1v) is 5.56. The molecular formula is C13H16FNO. The molecule has 0 radical (unpaired) electrons. The Labute approximate surface area is 94.6 Å². The second kappa shape index (κ2) is 3.98. The molecule has 0 heterocycles. The van der Waals surface area contributed by atoms with E-state index in [1.54, 1.807) is 6.07 Å². The van der Waals surface area contributed by atoms with Crippen LogP contribution < -0.4 is 5.73 Å². The highest BCUT2D eigenvalue weighted by molar-refractivity contribution is 5.89. The zero-order chi connectivity index (χ0) is 11.8. The van der Waals surface area contributed by atoms with Crippen molar-refractivity contribution in [1.29, 1.82) is 0 Å². The first-order valence-electron chi connectivity index (χ1n) is 5.56. The third-order valence-corrected chi connectivity index (χ3v) is 3.50. The van der Waals surface area contributed by atoms with Crippen LogP contribution in [0.4, 0.5) is 4.39 Å². The summed E-state index contributed by atoms with van der Waals surface area (Å²) in [6.07, 6.45) is 2.08. The number of benzene rings is 1. The number of halogens is 1. The summed E-state index contributed by atoms with van der Waals surface area (Å²) in [6, 6.07) is 4.57. The van der Waals surface area contributed by atoms with Gasteiger partial charge in [0.05, 0.1) is 0 Å². The summed E-state index contributed by atoms with van der Waals surface area (Å²) in [5.74, 6) is -0.130. The maximum absolute atomic E-state index is 13.1. The third kappa shape index (κ3) is 2.00. The number of ketones is 1. The second-order valence-corrected chi connectivity index (χ2v) is 4.66. The predicted molar refractivity (Wildman–Crippen MR) is 60.6 cm³/mol. The summed E-state index contributed by atoms with van der Waals surface area (Å²) in [5.41, 5.74) is 7.05. The summed E-state index contributed by atoms with van der Waals surface area (Å²) >= 11 is 0. The van der Waals surface area contributed by atoms with Crippen molar-refractivity contribution >= 4 is 5.78 Å². The molecule has 3 heteroatoms. The average Bonchev–Trinajstić information content (AvgIpc) is 3.04. The average molecular weight is 221 g/mol. The molecule has 0 spiro atoms. The van der Waals surface area contributed by atoms with Gasteiger partial charge >= 0.3 is 0 Å². The van der Waals surface area contributed by atoms with Crippen LogP contribution in [0, 0.1) is 18.2 Å². The van der Waals surface area contributed by atoms with Gasteiger partial charge in [-0.3, -0.25) is 4.79 Å². The van der Waals surface area contributed by atoms with Gasteiger partial charge in [-0.15, -0.1) is 0 Å². The van der Waals surface area contributed by atoms with Crippen molar-refractivity contribution in [3.63, 3.8) is 0 Å². The van der Waals surface area contributed by atoms with Crippen molar-refractivity contribution in [2.75, 3.05) is 6.54 Å². The molecule has 2 N–H and O–H groups in total. The van der Waals surface area contributed by atoms with Crippen LogP contribution in [0.5, 0.6) is 0 Å². The molecule has 16 heavy (non-hydrogen) atoms. The lowest BCUT2D eigenvalue weighted by Gasteiger charge is -2.12. The van der Waals surface area contributed by atoms with Gasteiger partial charge in [-0.05, 0) is 43.0 Å². The van der Waals surface area contributed by atoms with Crippen LogP contribution in [-0.4, -0.2) is 12.3 Å². The normalized spacial score (nSPS) is 17.2. The van der Waals surface area contributed by atoms with Gasteiger partial charge in [-0.1, -0.05) is 6.07 Å². The number of carbonyl (C=O) groups excluding carboxylic acids is 1. The number of hydrogen-bond donors (Lipinski definition) is 1. The summed E-state index contributed by atoms with van der Waals surface area (Å²) < 4.78 is 13.1. The second-order valence-electron chi connectivity index (χ2n) is 4.66. The smallest absolute Gasteiger partial charge is 0.144 e. The number of hydrogen-bond acceptors (Lipinski definition) is 2. The molecule has 0 bridgehead atoms. The lowest BCUT2D eigenvalue weighted by molar-refractivity contribution is -0.123. The monoisotopic (exact) mass is 221 g/mol. The molecule has 0 unspecified atom stereocenters. The van der Waals surface area contributed by atoms with E-state index in [4.69, 9.17) is 5.73 Å². The van der Waals surface area contributed by atoms with Crippen LogP contribution >= 0.6 is 0 Å². The Morgan fingerprint density at radius 1 is 1.50 bits per heavy atom. The summed E-state index contributed by atoms with van der Waals surface area (Å²) in [6.45, 7) is 2.31. The van der Waals surface area contributed by atoms with Crippen molar-refractivity contribution in [2.24, 2.45) is 11.1 Å². The van der Waals surface area contributed by atoms with Crippen molar-refractivity contribution in [2.45, 2.75) is 26.2 Å². The Hall–Kier alpha value is -1.22. The molecule has 1 aromatic carbocycles. The fourth-order valence-electron chi connectivity index (χ4n) is 1.94. The fraction of sp³-hybridized carbons (Fsp3) is 0.462. The van der Waals surface area contributed by atoms with E-state index in [1.807, 2.05) is 6.92 Å². The molecule has 2 nitrogen and oxygen atoms in total. The van der Waals surface area contributed by atoms with E-state index in [0.717, 1.165) is 24.0 Å². The highest BCUT2D eigenvalue weighted by atomic mass is 19.1. The molecule has 0 aliphatic heterocycles. The number of aryl methyl sites for hydroxylation is 1. The van der Waals surface area contributed by atoms with Crippen LogP contribution in [0.15, 0.2) is 18.2 Å². The van der Waals surface area contributed by atoms with Gasteiger partial charge in [-0.25, -0.2) is 4.39 Å². The number of rotatable bonds is 4. The van der Waals surface area contributed by atoms with Gasteiger partial charge in [0, 0.05) is 18.4 Å². The van der Waals surface area contributed by atoms with E-state index >= 15 is 0 Å². The predicted octanol–water partition coefficient (Wildman–Crippen LogP) is 1.98. The molecule has 1 aliphatic carbocycles. The van der Waals surface area contributed by atoms with Crippen molar-refractivity contribution in [3.8, 4) is 0 Å². The molecule has 86 valence electrons. The topological polar surface area (TPSA) is 43.1 Å². The van der Waals surface area contributed by atoms with E-state index in [0.29, 0.717) is 13.0 Å². The number of carbonyl (C=O) groups is 1. The van der Waals surface area contributed by atoms with Crippen molar-refractivity contribution < 1.29 is 9.18 Å². The molecule has 1 fully saturated rings. The van der Waals surface area contributed by atoms with E-state index in [-0.39, 0.29) is 17.0 Å². The largest absolute Gasteiger partial charge is 0.329 e. The van der Waals surface area contributed by atoms with Crippen LogP contribution in [0.25, 0.3) is 0 Å². The fourth-order valence-corrected chi connectivity index (χ4v) is 1.94. The zero-order valence-corrected chi connectivity index (χ0v) is 9.42. The zero-order valence-electron chi connectivity index (χ0n) is 9.42. The van der Waals surface area contributed by atoms with Gasteiger partial charge in [0.15, 0.2) is 0 Å². The van der Waals surface area contributed by atoms with Crippen LogP contribution in [0.3, 0.4) is 0 Å². The molecule has 1 saturated carbocycles. The maximum Gasteiger partial charge on any atom is 0.144 e. The van der Waals surface area contributed by atoms with Gasteiger partial charge in [-0.2, -0.15) is 0 Å². The van der Waals surface area contributed by atoms with Gasteiger partial charge < -0.3 is 5.73 Å². The lowest BCUT2D eigenvalue weighted by atomic mass is 9.93. The van der Waals surface area contributed by atoms with Gasteiger partial charge in [0.1, 0.15) is 11.6 Å². The van der Waals surface area contributed by atoms with Crippen LogP contribution in [0.1, 0.15) is 24.0 Å². The molecule has 0 saturated heterocycles. The minimum atomic E-state index is -0.293. The number of nitrogens with two attached hydrogens (primary N) is 1. The molecule has 0 atom stereocenters. The maximum atomic E-state index is 13.1. The molecule has 2 rings (SSSR count). The molecule has 0 amide bonds. The van der Waals surface area contributed by atoms with E-state index < -0.39 is 0 Å². The summed E-state index contributed by atoms with van der Waals surface area (Å²) in [5, 5.41) is 0. The molecule has 0 aromatic heterocycles. The van der Waals surface area contributed by atoms with Crippen molar-refractivity contribution in [1.82, 2.24) is 0 Å². The highest BCUT2D eigenvalue weighted by Gasteiger charge is 2.47. The Kier molecular flexibility index (Phi) is 2.80. The first-order chi connectivity index (χ1) is 7.57. The third-order valence-electron chi connectivity index (χ3n) is 3.50. The summed E-state index contributed by atoms with van der Waals surface area (Å²) in [4.78, 5) is 12.0. The number of Topliss-reactive ketones (excluding diaryl/α,β-unsaturated/α-hetero) is 1. The Bertz CT molecular complexity index is 424. The molecular weight excluding hydrogens is 205 g/mol. The highest BCUT2D eigenvalue weighted by Crippen LogP contribution is 2.46.